The number of rotatable bonds is 7. The van der Waals surface area contributed by atoms with E-state index in [0.29, 0.717) is 17.2 Å². The van der Waals surface area contributed by atoms with Crippen LogP contribution in [0, 0.1) is 0 Å². The molecule has 0 N–H and O–H groups in total. The fourth-order valence-corrected chi connectivity index (χ4v) is 4.69. The Hall–Kier alpha value is -2.99. The number of methoxy groups -OCH3 is 2. The van der Waals surface area contributed by atoms with Crippen molar-refractivity contribution in [3.63, 3.8) is 0 Å². The molecule has 0 aliphatic carbocycles. The summed E-state index contributed by atoms with van der Waals surface area (Å²) < 4.78 is 39.0. The highest BCUT2D eigenvalue weighted by molar-refractivity contribution is 7.92. The van der Waals surface area contributed by atoms with Crippen LogP contribution in [0.25, 0.3) is 0 Å². The summed E-state index contributed by atoms with van der Waals surface area (Å²) in [6.07, 6.45) is 0. The van der Waals surface area contributed by atoms with Gasteiger partial charge in [-0.15, -0.1) is 0 Å². The first-order valence-electron chi connectivity index (χ1n) is 8.85. The molecule has 5 nitrogen and oxygen atoms in total. The molecule has 0 aliphatic rings. The third-order valence-electron chi connectivity index (χ3n) is 4.55. The monoisotopic (exact) mass is 397 g/mol. The van der Waals surface area contributed by atoms with E-state index in [9.17, 15) is 8.42 Å². The largest absolute Gasteiger partial charge is 0.497 e. The van der Waals surface area contributed by atoms with Crippen molar-refractivity contribution in [2.75, 3.05) is 18.5 Å². The number of hydrogen-bond acceptors (Lipinski definition) is 4. The topological polar surface area (TPSA) is 55.8 Å². The predicted octanol–water partition coefficient (Wildman–Crippen LogP) is 4.66. The minimum absolute atomic E-state index is 0.201. The molecule has 0 radical (unpaired) electrons. The van der Waals surface area contributed by atoms with Crippen molar-refractivity contribution in [3.8, 4) is 11.5 Å². The van der Waals surface area contributed by atoms with Crippen molar-refractivity contribution in [2.45, 2.75) is 17.9 Å². The van der Waals surface area contributed by atoms with E-state index in [1.807, 2.05) is 49.4 Å². The number of nitrogens with zero attached hydrogens (tertiary/aromatic N) is 1. The molecule has 0 saturated heterocycles. The van der Waals surface area contributed by atoms with Crippen LogP contribution in [0.2, 0.25) is 0 Å². The smallest absolute Gasteiger partial charge is 0.264 e. The third-order valence-corrected chi connectivity index (χ3v) is 6.47. The van der Waals surface area contributed by atoms with Gasteiger partial charge in [-0.3, -0.25) is 4.31 Å². The maximum Gasteiger partial charge on any atom is 0.264 e. The molecule has 28 heavy (non-hydrogen) atoms. The average molecular weight is 397 g/mol. The van der Waals surface area contributed by atoms with Crippen LogP contribution < -0.4 is 13.8 Å². The molecule has 0 aromatic heterocycles. The zero-order chi connectivity index (χ0) is 20.1. The Morgan fingerprint density at radius 2 is 1.43 bits per heavy atom. The summed E-state index contributed by atoms with van der Waals surface area (Å²) in [4.78, 5) is 0.201. The first-order valence-corrected chi connectivity index (χ1v) is 10.3. The third kappa shape index (κ3) is 3.97. The SMILES string of the molecule is COc1ccc(S(=O)(=O)N(c2ccccc2)[C@@H](C)c2cccc(OC)c2)cc1. The Morgan fingerprint density at radius 1 is 0.786 bits per heavy atom. The molecule has 0 saturated carbocycles. The van der Waals surface area contributed by atoms with E-state index < -0.39 is 16.1 Å². The van der Waals surface area contributed by atoms with E-state index in [2.05, 4.69) is 0 Å². The Kier molecular flexibility index (Phi) is 5.90. The molecule has 3 aromatic carbocycles. The number of anilines is 1. The highest BCUT2D eigenvalue weighted by Gasteiger charge is 2.30. The van der Waals surface area contributed by atoms with Gasteiger partial charge in [0.2, 0.25) is 0 Å². The summed E-state index contributed by atoms with van der Waals surface area (Å²) in [5.74, 6) is 1.28. The first-order chi connectivity index (χ1) is 13.5. The minimum Gasteiger partial charge on any atom is -0.497 e. The van der Waals surface area contributed by atoms with Crippen LogP contribution in [-0.4, -0.2) is 22.6 Å². The summed E-state index contributed by atoms with van der Waals surface area (Å²) in [6.45, 7) is 1.86. The molecule has 0 unspecified atom stereocenters. The summed E-state index contributed by atoms with van der Waals surface area (Å²) in [5, 5.41) is 0. The molecule has 0 amide bonds. The summed E-state index contributed by atoms with van der Waals surface area (Å²) in [6, 6.07) is 22.5. The molecule has 1 atom stereocenters. The van der Waals surface area contributed by atoms with E-state index in [4.69, 9.17) is 9.47 Å². The number of sulfonamides is 1. The van der Waals surface area contributed by atoms with E-state index in [0.717, 1.165) is 5.56 Å². The van der Waals surface area contributed by atoms with Gasteiger partial charge in [0.05, 0.1) is 30.8 Å². The van der Waals surface area contributed by atoms with Crippen LogP contribution in [0.5, 0.6) is 11.5 Å². The average Bonchev–Trinajstić information content (AvgIpc) is 2.74. The van der Waals surface area contributed by atoms with Crippen molar-refractivity contribution >= 4 is 15.7 Å². The van der Waals surface area contributed by atoms with Crippen molar-refractivity contribution in [3.05, 3.63) is 84.4 Å². The molecular formula is C22H23NO4S. The Bertz CT molecular complexity index is 1020. The van der Waals surface area contributed by atoms with E-state index in [-0.39, 0.29) is 4.90 Å². The standard InChI is InChI=1S/C22H23NO4S/c1-17(18-8-7-11-21(16-18)27-3)23(19-9-5-4-6-10-19)28(24,25)22-14-12-20(26-2)13-15-22/h4-17H,1-3H3/t17-/m0/s1. The maximum atomic E-state index is 13.6. The molecular weight excluding hydrogens is 374 g/mol. The van der Waals surface area contributed by atoms with Crippen LogP contribution in [0.15, 0.2) is 83.8 Å². The second-order valence-electron chi connectivity index (χ2n) is 6.26. The van der Waals surface area contributed by atoms with Crippen molar-refractivity contribution in [1.29, 1.82) is 0 Å². The Labute approximate surface area is 166 Å². The van der Waals surface area contributed by atoms with Crippen molar-refractivity contribution in [1.82, 2.24) is 0 Å². The Morgan fingerprint density at radius 3 is 2.04 bits per heavy atom. The molecule has 0 fully saturated rings. The maximum absolute atomic E-state index is 13.6. The lowest BCUT2D eigenvalue weighted by molar-refractivity contribution is 0.414. The van der Waals surface area contributed by atoms with E-state index in [1.165, 1.54) is 4.31 Å². The molecule has 0 heterocycles. The molecule has 3 aromatic rings. The molecule has 3 rings (SSSR count). The van der Waals surface area contributed by atoms with E-state index in [1.54, 1.807) is 50.6 Å². The van der Waals surface area contributed by atoms with Crippen LogP contribution in [-0.2, 0) is 10.0 Å². The highest BCUT2D eigenvalue weighted by atomic mass is 32.2. The van der Waals surface area contributed by atoms with Crippen LogP contribution in [0.3, 0.4) is 0 Å². The zero-order valence-electron chi connectivity index (χ0n) is 16.1. The summed E-state index contributed by atoms with van der Waals surface area (Å²) in [7, 11) is -0.673. The van der Waals surface area contributed by atoms with Gasteiger partial charge < -0.3 is 9.47 Å². The summed E-state index contributed by atoms with van der Waals surface area (Å²) in [5.41, 5.74) is 1.42. The highest BCUT2D eigenvalue weighted by Crippen LogP contribution is 2.34. The molecule has 0 aliphatic heterocycles. The number of benzene rings is 3. The number of ether oxygens (including phenoxy) is 2. The molecule has 0 bridgehead atoms. The van der Waals surface area contributed by atoms with Crippen LogP contribution in [0.4, 0.5) is 5.69 Å². The number of hydrogen-bond donors (Lipinski definition) is 0. The summed E-state index contributed by atoms with van der Waals surface area (Å²) >= 11 is 0. The van der Waals surface area contributed by atoms with Gasteiger partial charge >= 0.3 is 0 Å². The fourth-order valence-electron chi connectivity index (χ4n) is 3.04. The van der Waals surface area contributed by atoms with Crippen LogP contribution in [0.1, 0.15) is 18.5 Å². The quantitative estimate of drug-likeness (QED) is 0.582. The molecule has 146 valence electrons. The fraction of sp³-hybridized carbons (Fsp3) is 0.182. The van der Waals surface area contributed by atoms with Gasteiger partial charge in [0, 0.05) is 0 Å². The van der Waals surface area contributed by atoms with Gasteiger partial charge in [0.25, 0.3) is 10.0 Å². The lowest BCUT2D eigenvalue weighted by Crippen LogP contribution is -2.33. The minimum atomic E-state index is -3.81. The second kappa shape index (κ2) is 8.35. The lowest BCUT2D eigenvalue weighted by Gasteiger charge is -2.31. The molecule has 6 heteroatoms. The van der Waals surface area contributed by atoms with Crippen molar-refractivity contribution < 1.29 is 17.9 Å². The van der Waals surface area contributed by atoms with Crippen LogP contribution >= 0.6 is 0 Å². The predicted molar refractivity (Wildman–Crippen MR) is 111 cm³/mol. The molecule has 0 spiro atoms. The van der Waals surface area contributed by atoms with Gasteiger partial charge in [-0.2, -0.15) is 0 Å². The zero-order valence-corrected chi connectivity index (χ0v) is 16.9. The second-order valence-corrected chi connectivity index (χ2v) is 8.08. The van der Waals surface area contributed by atoms with Gasteiger partial charge in [-0.05, 0) is 61.0 Å². The van der Waals surface area contributed by atoms with Gasteiger partial charge in [0.1, 0.15) is 11.5 Å². The normalized spacial score (nSPS) is 12.2. The van der Waals surface area contributed by atoms with Gasteiger partial charge in [-0.25, -0.2) is 8.42 Å². The van der Waals surface area contributed by atoms with Gasteiger partial charge in [0.15, 0.2) is 0 Å². The van der Waals surface area contributed by atoms with E-state index >= 15 is 0 Å². The first kappa shape index (κ1) is 19.8. The number of para-hydroxylation sites is 1. The lowest BCUT2D eigenvalue weighted by atomic mass is 10.1. The van der Waals surface area contributed by atoms with Gasteiger partial charge in [-0.1, -0.05) is 30.3 Å². The Balaban J connectivity index is 2.10. The van der Waals surface area contributed by atoms with Crippen molar-refractivity contribution in [2.24, 2.45) is 0 Å².